The molecule has 17 heavy (non-hydrogen) atoms. The van der Waals surface area contributed by atoms with Gasteiger partial charge in [-0.15, -0.1) is 0 Å². The second-order valence-electron chi connectivity index (χ2n) is 2.90. The number of nitrogens with two attached hydrogens (primary N) is 3. The van der Waals surface area contributed by atoms with Gasteiger partial charge in [0.05, 0.1) is 11.6 Å². The maximum atomic E-state index is 10.4. The quantitative estimate of drug-likeness (QED) is 0.192. The van der Waals surface area contributed by atoms with Gasteiger partial charge in [0.25, 0.3) is 5.91 Å². The van der Waals surface area contributed by atoms with Gasteiger partial charge in [-0.2, -0.15) is 12.6 Å². The molecule has 1 heterocycles. The number of nitrogens with one attached hydrogen (secondary N) is 1. The zero-order valence-corrected chi connectivity index (χ0v) is 9.93. The van der Waals surface area contributed by atoms with Gasteiger partial charge in [0.2, 0.25) is 5.91 Å². The van der Waals surface area contributed by atoms with E-state index in [1.54, 1.807) is 18.3 Å². The van der Waals surface area contributed by atoms with Crippen LogP contribution in [0.2, 0.25) is 0 Å². The van der Waals surface area contributed by atoms with Crippen LogP contribution < -0.4 is 22.7 Å². The summed E-state index contributed by atoms with van der Waals surface area (Å²) >= 11 is 3.77. The van der Waals surface area contributed by atoms with E-state index in [-0.39, 0.29) is 5.91 Å². The van der Waals surface area contributed by atoms with Crippen molar-refractivity contribution in [2.45, 2.75) is 6.04 Å². The van der Waals surface area contributed by atoms with Gasteiger partial charge in [-0.05, 0) is 12.1 Å². The fraction of sp³-hybridized carbons (Fsp3) is 0.222. The Morgan fingerprint density at radius 2 is 2.18 bits per heavy atom. The number of hydrazine groups is 1. The minimum absolute atomic E-state index is 0.309. The van der Waals surface area contributed by atoms with Crippen LogP contribution in [0.15, 0.2) is 24.5 Å². The molecular formula is C9H15N5O2S. The highest BCUT2D eigenvalue weighted by molar-refractivity contribution is 7.80. The number of amides is 2. The van der Waals surface area contributed by atoms with Crippen LogP contribution in [0, 0.1) is 0 Å². The number of aromatic nitrogens is 1. The van der Waals surface area contributed by atoms with Crippen molar-refractivity contribution in [3.05, 3.63) is 30.1 Å². The SMILES string of the molecule is NC(=O)c1cccnc1.NNC(=O)C(N)CS. The predicted octanol–water partition coefficient (Wildman–Crippen LogP) is -1.59. The summed E-state index contributed by atoms with van der Waals surface area (Å²) in [6.45, 7) is 0. The van der Waals surface area contributed by atoms with E-state index in [1.807, 2.05) is 5.43 Å². The number of primary amides is 1. The van der Waals surface area contributed by atoms with Crippen molar-refractivity contribution < 1.29 is 9.59 Å². The van der Waals surface area contributed by atoms with Crippen molar-refractivity contribution in [2.75, 3.05) is 5.75 Å². The third-order valence-corrected chi connectivity index (χ3v) is 2.02. The van der Waals surface area contributed by atoms with Crippen molar-refractivity contribution in [3.63, 3.8) is 0 Å². The van der Waals surface area contributed by atoms with Crippen LogP contribution >= 0.6 is 12.6 Å². The van der Waals surface area contributed by atoms with E-state index in [4.69, 9.17) is 17.3 Å². The van der Waals surface area contributed by atoms with E-state index in [2.05, 4.69) is 17.6 Å². The lowest BCUT2D eigenvalue weighted by molar-refractivity contribution is -0.121. The number of hydrogen-bond donors (Lipinski definition) is 5. The molecule has 0 radical (unpaired) electrons. The number of carbonyl (C=O) groups is 2. The largest absolute Gasteiger partial charge is 0.366 e. The summed E-state index contributed by atoms with van der Waals surface area (Å²) < 4.78 is 0. The normalized spacial score (nSPS) is 10.8. The van der Waals surface area contributed by atoms with Crippen molar-refractivity contribution in [3.8, 4) is 0 Å². The molecule has 1 rings (SSSR count). The highest BCUT2D eigenvalue weighted by Gasteiger charge is 2.07. The Balaban J connectivity index is 0.000000304. The molecule has 94 valence electrons. The van der Waals surface area contributed by atoms with Crippen molar-refractivity contribution in [1.29, 1.82) is 0 Å². The zero-order valence-electron chi connectivity index (χ0n) is 9.04. The van der Waals surface area contributed by atoms with Crippen LogP contribution in [0.5, 0.6) is 0 Å². The maximum absolute atomic E-state index is 10.4. The van der Waals surface area contributed by atoms with E-state index in [9.17, 15) is 9.59 Å². The van der Waals surface area contributed by atoms with Crippen LogP contribution in [0.25, 0.3) is 0 Å². The topological polar surface area (TPSA) is 137 Å². The molecule has 0 aliphatic heterocycles. The Morgan fingerprint density at radius 3 is 2.41 bits per heavy atom. The molecule has 0 aromatic carbocycles. The molecule has 1 atom stereocenters. The lowest BCUT2D eigenvalue weighted by Crippen LogP contribution is -2.44. The number of thiol groups is 1. The van der Waals surface area contributed by atoms with Crippen LogP contribution in [0.1, 0.15) is 10.4 Å². The first-order valence-corrected chi connectivity index (χ1v) is 5.22. The molecule has 0 bridgehead atoms. The number of pyridine rings is 1. The average molecular weight is 257 g/mol. The minimum atomic E-state index is -0.594. The second-order valence-corrected chi connectivity index (χ2v) is 3.27. The summed E-state index contributed by atoms with van der Waals surface area (Å²) in [4.78, 5) is 24.4. The lowest BCUT2D eigenvalue weighted by atomic mass is 10.3. The molecule has 0 saturated carbocycles. The van der Waals surface area contributed by atoms with Gasteiger partial charge in [0.1, 0.15) is 0 Å². The summed E-state index contributed by atoms with van der Waals surface area (Å²) in [5.41, 5.74) is 12.4. The Hall–Kier alpha value is -1.64. The first kappa shape index (κ1) is 15.4. The van der Waals surface area contributed by atoms with Crippen LogP contribution in [-0.4, -0.2) is 28.6 Å². The molecule has 0 aliphatic rings. The van der Waals surface area contributed by atoms with Crippen molar-refractivity contribution >= 4 is 24.4 Å². The van der Waals surface area contributed by atoms with Crippen molar-refractivity contribution in [2.24, 2.45) is 17.3 Å². The summed E-state index contributed by atoms with van der Waals surface area (Å²) in [5.74, 6) is 4.21. The smallest absolute Gasteiger partial charge is 0.251 e. The third kappa shape index (κ3) is 6.51. The van der Waals surface area contributed by atoms with Crippen molar-refractivity contribution in [1.82, 2.24) is 10.4 Å². The van der Waals surface area contributed by atoms with Gasteiger partial charge in [-0.3, -0.25) is 20.0 Å². The highest BCUT2D eigenvalue weighted by atomic mass is 32.1. The molecule has 7 N–H and O–H groups in total. The van der Waals surface area contributed by atoms with Gasteiger partial charge in [-0.25, -0.2) is 5.84 Å². The van der Waals surface area contributed by atoms with E-state index in [0.29, 0.717) is 11.3 Å². The lowest BCUT2D eigenvalue weighted by Gasteiger charge is -2.03. The van der Waals surface area contributed by atoms with Gasteiger partial charge in [0, 0.05) is 18.1 Å². The Kier molecular flexibility index (Phi) is 7.68. The molecule has 8 heteroatoms. The standard InChI is InChI=1S/C6H6N2O.C3H9N3OS/c7-6(9)5-2-1-3-8-4-5;4-2(1-8)3(7)6-5/h1-4H,(H2,7,9);2,8H,1,4-5H2,(H,6,7). The fourth-order valence-electron chi connectivity index (χ4n) is 0.698. The van der Waals surface area contributed by atoms with Crippen LogP contribution in [0.3, 0.4) is 0 Å². The molecule has 2 amide bonds. The number of nitrogens with zero attached hydrogens (tertiary/aromatic N) is 1. The number of rotatable bonds is 3. The van der Waals surface area contributed by atoms with Crippen LogP contribution in [0.4, 0.5) is 0 Å². The average Bonchev–Trinajstić information content (AvgIpc) is 2.38. The van der Waals surface area contributed by atoms with Gasteiger partial charge >= 0.3 is 0 Å². The first-order chi connectivity index (χ1) is 8.02. The molecule has 0 saturated heterocycles. The predicted molar refractivity (Wildman–Crippen MR) is 66.9 cm³/mol. The summed E-state index contributed by atoms with van der Waals surface area (Å²) in [6, 6.07) is 2.69. The van der Waals surface area contributed by atoms with E-state index in [0.717, 1.165) is 0 Å². The molecule has 1 unspecified atom stereocenters. The summed E-state index contributed by atoms with van der Waals surface area (Å²) in [5, 5.41) is 0. The molecule has 1 aromatic rings. The molecule has 0 fully saturated rings. The monoisotopic (exact) mass is 257 g/mol. The van der Waals surface area contributed by atoms with Gasteiger partial charge < -0.3 is 11.5 Å². The van der Waals surface area contributed by atoms with Crippen LogP contribution in [-0.2, 0) is 4.79 Å². The van der Waals surface area contributed by atoms with E-state index >= 15 is 0 Å². The fourth-order valence-corrected chi connectivity index (χ4v) is 0.864. The summed E-state index contributed by atoms with van der Waals surface area (Å²) in [6.07, 6.45) is 3.02. The molecule has 7 nitrogen and oxygen atoms in total. The van der Waals surface area contributed by atoms with E-state index in [1.165, 1.54) is 6.20 Å². The molecule has 0 spiro atoms. The first-order valence-electron chi connectivity index (χ1n) is 4.59. The Labute approximate surface area is 104 Å². The van der Waals surface area contributed by atoms with Gasteiger partial charge in [-0.1, -0.05) is 0 Å². The Morgan fingerprint density at radius 1 is 1.53 bits per heavy atom. The maximum Gasteiger partial charge on any atom is 0.251 e. The van der Waals surface area contributed by atoms with Gasteiger partial charge in [0.15, 0.2) is 0 Å². The molecule has 0 aliphatic carbocycles. The summed E-state index contributed by atoms with van der Waals surface area (Å²) in [7, 11) is 0. The third-order valence-electron chi connectivity index (χ3n) is 1.62. The number of hydrogen-bond acceptors (Lipinski definition) is 6. The number of carbonyl (C=O) groups excluding carboxylic acids is 2. The Bertz CT molecular complexity index is 360. The van der Waals surface area contributed by atoms with E-state index < -0.39 is 11.9 Å². The minimum Gasteiger partial charge on any atom is -0.366 e. The second kappa shape index (κ2) is 8.50. The highest BCUT2D eigenvalue weighted by Crippen LogP contribution is 1.91. The zero-order chi connectivity index (χ0) is 13.3. The molecule has 1 aromatic heterocycles. The molecular weight excluding hydrogens is 242 g/mol.